The van der Waals surface area contributed by atoms with E-state index in [4.69, 9.17) is 42.1 Å². The van der Waals surface area contributed by atoms with E-state index in [9.17, 15) is 9.59 Å². The van der Waals surface area contributed by atoms with Gasteiger partial charge in [-0.25, -0.2) is 4.98 Å². The van der Waals surface area contributed by atoms with Crippen LogP contribution in [0.15, 0.2) is 99.2 Å². The maximum Gasteiger partial charge on any atom is 0.282 e. The highest BCUT2D eigenvalue weighted by atomic mass is 35.5. The zero-order chi connectivity index (χ0) is 30.8. The Morgan fingerprint density at radius 1 is 1.05 bits per heavy atom. The second kappa shape index (κ2) is 12.2. The van der Waals surface area contributed by atoms with Gasteiger partial charge in [0.25, 0.3) is 11.5 Å². The molecule has 2 aromatic heterocycles. The van der Waals surface area contributed by atoms with Crippen molar-refractivity contribution in [3.8, 4) is 23.1 Å². The van der Waals surface area contributed by atoms with Gasteiger partial charge in [-0.1, -0.05) is 53.0 Å². The maximum absolute atomic E-state index is 13.6. The van der Waals surface area contributed by atoms with E-state index in [1.54, 1.807) is 72.8 Å². The molecule has 4 aromatic carbocycles. The van der Waals surface area contributed by atoms with Gasteiger partial charge in [-0.2, -0.15) is 9.78 Å². The molecule has 0 aliphatic rings. The van der Waals surface area contributed by atoms with Gasteiger partial charge < -0.3 is 19.2 Å². The minimum atomic E-state index is -0.391. The van der Waals surface area contributed by atoms with Gasteiger partial charge in [0, 0.05) is 16.1 Å². The number of rotatable bonds is 8. The van der Waals surface area contributed by atoms with Crippen LogP contribution in [0.4, 0.5) is 5.69 Å². The molecule has 0 atom stereocenters. The van der Waals surface area contributed by atoms with Crippen molar-refractivity contribution in [2.45, 2.75) is 6.92 Å². The quantitative estimate of drug-likeness (QED) is 0.177. The van der Waals surface area contributed by atoms with E-state index in [0.29, 0.717) is 38.5 Å². The topological polar surface area (TPSA) is 108 Å². The van der Waals surface area contributed by atoms with E-state index in [1.807, 2.05) is 19.1 Å². The molecular formula is C33H24Cl2N4O5. The monoisotopic (exact) mass is 626 g/mol. The molecule has 6 aromatic rings. The minimum Gasteiger partial charge on any atom is -0.493 e. The number of aromatic nitrogens is 2. The zero-order valence-electron chi connectivity index (χ0n) is 23.5. The number of nitrogens with one attached hydrogen (secondary N) is 1. The molecule has 1 amide bonds. The molecule has 0 aliphatic heterocycles. The van der Waals surface area contributed by atoms with Crippen molar-refractivity contribution in [2.75, 3.05) is 19.0 Å². The number of ether oxygens (including phenoxy) is 2. The van der Waals surface area contributed by atoms with Gasteiger partial charge in [0.05, 0.1) is 29.2 Å². The number of carbonyl (C=O) groups is 1. The van der Waals surface area contributed by atoms with Crippen LogP contribution in [0.1, 0.15) is 11.1 Å². The molecule has 44 heavy (non-hydrogen) atoms. The first kappa shape index (κ1) is 29.0. The molecule has 220 valence electrons. The van der Waals surface area contributed by atoms with Crippen molar-refractivity contribution >= 4 is 62.9 Å². The Morgan fingerprint density at radius 2 is 1.84 bits per heavy atom. The average molecular weight is 627 g/mol. The van der Waals surface area contributed by atoms with Crippen LogP contribution >= 0.6 is 23.2 Å². The van der Waals surface area contributed by atoms with Crippen molar-refractivity contribution in [3.63, 3.8) is 0 Å². The SMILES string of the molecule is COc1cc(C=Nn2c(-c3cc4cc(Cl)ccc4o3)nc3ccccc3c2=O)cc(Cl)c1OCC(=O)Nc1ccc(C)cc1. The third-order valence-electron chi connectivity index (χ3n) is 6.71. The van der Waals surface area contributed by atoms with E-state index in [0.717, 1.165) is 10.9 Å². The Hall–Kier alpha value is -5.12. The summed E-state index contributed by atoms with van der Waals surface area (Å²) in [6, 6.07) is 24.6. The summed E-state index contributed by atoms with van der Waals surface area (Å²) in [4.78, 5) is 30.7. The summed E-state index contributed by atoms with van der Waals surface area (Å²) in [5, 5.41) is 9.13. The van der Waals surface area contributed by atoms with Gasteiger partial charge in [-0.05, 0) is 73.2 Å². The van der Waals surface area contributed by atoms with Gasteiger partial charge in [0.15, 0.2) is 23.9 Å². The number of nitrogens with zero attached hydrogens (tertiary/aromatic N) is 3. The summed E-state index contributed by atoms with van der Waals surface area (Å²) in [5.74, 6) is 0.651. The number of furan rings is 1. The summed E-state index contributed by atoms with van der Waals surface area (Å²) in [6.07, 6.45) is 1.45. The molecule has 0 saturated carbocycles. The van der Waals surface area contributed by atoms with E-state index in [1.165, 1.54) is 18.0 Å². The Labute approximate surface area is 261 Å². The molecular weight excluding hydrogens is 603 g/mol. The third kappa shape index (κ3) is 6.01. The highest BCUT2D eigenvalue weighted by molar-refractivity contribution is 6.32. The standard InChI is InChI=1S/C33H24Cl2N4O5/c1-19-7-10-23(11-8-19)37-30(40)18-43-31-25(35)13-20(14-28(31)42-2)17-36-39-32(38-26-6-4-3-5-24(26)33(39)41)29-16-21-15-22(34)9-12-27(21)44-29/h3-17H,18H2,1-2H3,(H,37,40). The Morgan fingerprint density at radius 3 is 2.64 bits per heavy atom. The lowest BCUT2D eigenvalue weighted by Crippen LogP contribution is -2.20. The minimum absolute atomic E-state index is 0.187. The van der Waals surface area contributed by atoms with E-state index in [2.05, 4.69) is 10.4 Å². The molecule has 9 nitrogen and oxygen atoms in total. The van der Waals surface area contributed by atoms with Crippen molar-refractivity contribution < 1.29 is 18.7 Å². The first-order chi connectivity index (χ1) is 21.3. The van der Waals surface area contributed by atoms with Crippen LogP contribution in [0, 0.1) is 6.92 Å². The van der Waals surface area contributed by atoms with E-state index >= 15 is 0 Å². The Kier molecular flexibility index (Phi) is 8.06. The van der Waals surface area contributed by atoms with Gasteiger partial charge >= 0.3 is 0 Å². The molecule has 0 unspecified atom stereocenters. The van der Waals surface area contributed by atoms with E-state index < -0.39 is 5.56 Å². The van der Waals surface area contributed by atoms with E-state index in [-0.39, 0.29) is 34.9 Å². The largest absolute Gasteiger partial charge is 0.493 e. The smallest absolute Gasteiger partial charge is 0.282 e. The fourth-order valence-electron chi connectivity index (χ4n) is 4.57. The Bertz CT molecular complexity index is 2120. The Balaban J connectivity index is 1.31. The number of para-hydroxylation sites is 1. The number of carbonyl (C=O) groups excluding carboxylic acids is 1. The normalized spacial score (nSPS) is 11.4. The molecule has 0 saturated heterocycles. The van der Waals surface area contributed by atoms with Crippen LogP contribution in [0.3, 0.4) is 0 Å². The van der Waals surface area contributed by atoms with Crippen LogP contribution in [0.25, 0.3) is 33.5 Å². The molecule has 2 heterocycles. The van der Waals surface area contributed by atoms with Gasteiger partial charge in [0.2, 0.25) is 5.82 Å². The molecule has 1 N–H and O–H groups in total. The van der Waals surface area contributed by atoms with Gasteiger partial charge in [-0.3, -0.25) is 9.59 Å². The highest BCUT2D eigenvalue weighted by Crippen LogP contribution is 2.36. The lowest BCUT2D eigenvalue weighted by molar-refractivity contribution is -0.118. The summed E-state index contributed by atoms with van der Waals surface area (Å²) in [6.45, 7) is 1.67. The van der Waals surface area contributed by atoms with Crippen molar-refractivity contribution in [2.24, 2.45) is 5.10 Å². The number of hydrogen-bond donors (Lipinski definition) is 1. The number of fused-ring (bicyclic) bond motifs is 2. The number of benzene rings is 4. The number of hydrogen-bond acceptors (Lipinski definition) is 7. The number of aryl methyl sites for hydroxylation is 1. The molecule has 0 fully saturated rings. The van der Waals surface area contributed by atoms with Crippen molar-refractivity contribution in [3.05, 3.63) is 116 Å². The molecule has 0 radical (unpaired) electrons. The second-order valence-corrected chi connectivity index (χ2v) is 10.7. The summed E-state index contributed by atoms with van der Waals surface area (Å²) in [7, 11) is 1.45. The molecule has 11 heteroatoms. The van der Waals surface area contributed by atoms with Gasteiger partial charge in [-0.15, -0.1) is 0 Å². The second-order valence-electron chi connectivity index (χ2n) is 9.84. The van der Waals surface area contributed by atoms with Crippen LogP contribution in [0.5, 0.6) is 11.5 Å². The lowest BCUT2D eigenvalue weighted by atomic mass is 10.2. The summed E-state index contributed by atoms with van der Waals surface area (Å²) >= 11 is 12.7. The maximum atomic E-state index is 13.6. The van der Waals surface area contributed by atoms with Gasteiger partial charge in [0.1, 0.15) is 5.58 Å². The number of halogens is 2. The summed E-state index contributed by atoms with van der Waals surface area (Å²) < 4.78 is 18.4. The third-order valence-corrected chi connectivity index (χ3v) is 7.23. The van der Waals surface area contributed by atoms with Crippen LogP contribution < -0.4 is 20.3 Å². The fourth-order valence-corrected chi connectivity index (χ4v) is 5.02. The van der Waals surface area contributed by atoms with Crippen molar-refractivity contribution in [1.82, 2.24) is 9.66 Å². The fraction of sp³-hybridized carbons (Fsp3) is 0.0909. The summed E-state index contributed by atoms with van der Waals surface area (Å²) in [5.41, 5.74) is 2.93. The molecule has 0 bridgehead atoms. The molecule has 0 aliphatic carbocycles. The van der Waals surface area contributed by atoms with Crippen molar-refractivity contribution in [1.29, 1.82) is 0 Å². The van der Waals surface area contributed by atoms with Crippen LogP contribution in [0.2, 0.25) is 10.0 Å². The first-order valence-electron chi connectivity index (χ1n) is 13.4. The number of amides is 1. The predicted octanol–water partition coefficient (Wildman–Crippen LogP) is 7.33. The number of methoxy groups -OCH3 is 1. The van der Waals surface area contributed by atoms with Crippen LogP contribution in [-0.2, 0) is 4.79 Å². The zero-order valence-corrected chi connectivity index (χ0v) is 25.0. The number of anilines is 1. The predicted molar refractivity (Wildman–Crippen MR) is 173 cm³/mol. The van der Waals surface area contributed by atoms with Crippen LogP contribution in [-0.4, -0.2) is 35.5 Å². The molecule has 0 spiro atoms. The highest BCUT2D eigenvalue weighted by Gasteiger charge is 2.18. The lowest BCUT2D eigenvalue weighted by Gasteiger charge is -2.13. The average Bonchev–Trinajstić information content (AvgIpc) is 3.44. The first-order valence-corrected chi connectivity index (χ1v) is 14.2. The molecule has 6 rings (SSSR count).